The third kappa shape index (κ3) is 6.12. The second kappa shape index (κ2) is 11.8. The third-order valence-corrected chi connectivity index (χ3v) is 6.85. The van der Waals surface area contributed by atoms with Crippen LogP contribution in [0.4, 0.5) is 0 Å². The normalized spacial score (nSPS) is 14.3. The molecule has 3 aromatic rings. The summed E-state index contributed by atoms with van der Waals surface area (Å²) in [4.78, 5) is 24.3. The highest BCUT2D eigenvalue weighted by molar-refractivity contribution is 6.32. The summed E-state index contributed by atoms with van der Waals surface area (Å²) in [5, 5.41) is 10.3. The van der Waals surface area contributed by atoms with E-state index in [-0.39, 0.29) is 10.8 Å². The van der Waals surface area contributed by atoms with Gasteiger partial charge in [-0.2, -0.15) is 0 Å². The monoisotopic (exact) mass is 544 g/mol. The van der Waals surface area contributed by atoms with Gasteiger partial charge in [0.15, 0.2) is 5.78 Å². The Morgan fingerprint density at radius 2 is 1.73 bits per heavy atom. The Morgan fingerprint density at radius 3 is 2.41 bits per heavy atom. The van der Waals surface area contributed by atoms with E-state index in [2.05, 4.69) is 0 Å². The smallest absolute Gasteiger partial charge is 0.311 e. The zero-order valence-electron chi connectivity index (χ0n) is 20.4. The van der Waals surface area contributed by atoms with Crippen molar-refractivity contribution in [2.45, 2.75) is 31.6 Å². The number of hydrogen-bond acceptors (Lipinski definition) is 6. The van der Waals surface area contributed by atoms with Crippen LogP contribution in [-0.2, 0) is 11.2 Å². The largest absolute Gasteiger partial charge is 0.497 e. The molecule has 0 fully saturated rings. The third-order valence-electron chi connectivity index (χ3n) is 6.22. The predicted octanol–water partition coefficient (Wildman–Crippen LogP) is 6.96. The van der Waals surface area contributed by atoms with Crippen LogP contribution in [0.15, 0.2) is 48.5 Å². The highest BCUT2D eigenvalue weighted by Crippen LogP contribution is 2.42. The quantitative estimate of drug-likeness (QED) is 0.276. The number of ether oxygens (including phenoxy) is 4. The number of fused-ring (bicyclic) bond motifs is 1. The summed E-state index contributed by atoms with van der Waals surface area (Å²) in [6, 6.07) is 13.4. The van der Waals surface area contributed by atoms with Crippen LogP contribution in [0.3, 0.4) is 0 Å². The molecule has 7 nitrogen and oxygen atoms in total. The molecule has 1 heterocycles. The fraction of sp³-hybridized carbons (Fsp3) is 0.286. The van der Waals surface area contributed by atoms with Crippen molar-refractivity contribution in [1.29, 1.82) is 0 Å². The number of hydrogen-bond donors (Lipinski definition) is 1. The number of aliphatic carboxylic acids is 1. The average Bonchev–Trinajstić information content (AvgIpc) is 2.89. The van der Waals surface area contributed by atoms with Gasteiger partial charge in [0.1, 0.15) is 28.7 Å². The van der Waals surface area contributed by atoms with E-state index in [0.717, 1.165) is 5.56 Å². The van der Waals surface area contributed by atoms with E-state index in [9.17, 15) is 14.7 Å². The Bertz CT molecular complexity index is 1300. The zero-order valence-corrected chi connectivity index (χ0v) is 21.9. The second-order valence-corrected chi connectivity index (χ2v) is 9.36. The van der Waals surface area contributed by atoms with E-state index in [4.69, 9.17) is 42.1 Å². The van der Waals surface area contributed by atoms with Gasteiger partial charge in [0.2, 0.25) is 0 Å². The first-order valence-corrected chi connectivity index (χ1v) is 12.5. The van der Waals surface area contributed by atoms with Crippen molar-refractivity contribution >= 4 is 35.0 Å². The van der Waals surface area contributed by atoms with Gasteiger partial charge in [-0.25, -0.2) is 0 Å². The maximum absolute atomic E-state index is 12.7. The van der Waals surface area contributed by atoms with Gasteiger partial charge in [0, 0.05) is 35.2 Å². The van der Waals surface area contributed by atoms with Crippen LogP contribution in [0.1, 0.15) is 46.7 Å². The summed E-state index contributed by atoms with van der Waals surface area (Å²) in [6.45, 7) is 0.305. The predicted molar refractivity (Wildman–Crippen MR) is 140 cm³/mol. The van der Waals surface area contributed by atoms with Crippen LogP contribution in [0.25, 0.3) is 0 Å². The molecule has 0 aliphatic carbocycles. The summed E-state index contributed by atoms with van der Waals surface area (Å²) in [5.74, 6) is 0.923. The number of ketones is 1. The Kier molecular flexibility index (Phi) is 8.46. The molecule has 0 radical (unpaired) electrons. The van der Waals surface area contributed by atoms with Crippen LogP contribution in [0, 0.1) is 0 Å². The minimum atomic E-state index is -0.916. The lowest BCUT2D eigenvalue weighted by Gasteiger charge is -2.24. The summed E-state index contributed by atoms with van der Waals surface area (Å²) in [5.41, 5.74) is 1.93. The molecule has 0 saturated heterocycles. The van der Waals surface area contributed by atoms with Gasteiger partial charge in [-0.1, -0.05) is 23.2 Å². The Hall–Kier alpha value is -3.42. The van der Waals surface area contributed by atoms with Crippen molar-refractivity contribution in [1.82, 2.24) is 0 Å². The first-order valence-electron chi connectivity index (χ1n) is 11.7. The number of methoxy groups -OCH3 is 2. The van der Waals surface area contributed by atoms with Crippen molar-refractivity contribution in [2.24, 2.45) is 0 Å². The first kappa shape index (κ1) is 26.6. The number of carbonyl (C=O) groups is 2. The zero-order chi connectivity index (χ0) is 26.5. The number of carbonyl (C=O) groups excluding carboxylic acids is 1. The lowest BCUT2D eigenvalue weighted by Crippen LogP contribution is -2.20. The van der Waals surface area contributed by atoms with Crippen LogP contribution in [0.5, 0.6) is 28.7 Å². The SMILES string of the molecule is COc1cc(Cl)c(CCCC(=O)c2ccc(Oc3cc4c(cc3Cl)C(C(=O)O)CCO4)cc2)c(OC)c1. The molecular formula is C28H26Cl2O7. The van der Waals surface area contributed by atoms with Gasteiger partial charge >= 0.3 is 5.97 Å². The van der Waals surface area contributed by atoms with E-state index < -0.39 is 11.9 Å². The maximum atomic E-state index is 12.7. The standard InChI is InChI=1S/C28H26Cl2O7/c1-34-18-12-22(29)20(25(13-18)35-2)4-3-5-24(31)16-6-8-17(9-7-16)37-27-15-26-21(14-23(27)30)19(28(32)33)10-11-36-26/h6-9,12-15,19H,3-5,10-11H2,1-2H3,(H,32,33). The molecule has 1 N–H and O–H groups in total. The first-order chi connectivity index (χ1) is 17.8. The van der Waals surface area contributed by atoms with E-state index in [1.807, 2.05) is 0 Å². The molecule has 1 unspecified atom stereocenters. The second-order valence-electron chi connectivity index (χ2n) is 8.54. The van der Waals surface area contributed by atoms with E-state index in [1.54, 1.807) is 62.8 Å². The molecule has 1 aliphatic rings. The molecule has 0 bridgehead atoms. The number of Topliss-reactive ketones (excluding diaryl/α,β-unsaturated/α-hetero) is 1. The van der Waals surface area contributed by atoms with Gasteiger partial charge < -0.3 is 24.1 Å². The summed E-state index contributed by atoms with van der Waals surface area (Å²) < 4.78 is 22.2. The topological polar surface area (TPSA) is 91.3 Å². The molecule has 1 aliphatic heterocycles. The van der Waals surface area contributed by atoms with Crippen LogP contribution >= 0.6 is 23.2 Å². The molecule has 0 aromatic heterocycles. The maximum Gasteiger partial charge on any atom is 0.311 e. The van der Waals surface area contributed by atoms with Gasteiger partial charge in [-0.05, 0) is 55.7 Å². The minimum absolute atomic E-state index is 0.00456. The fourth-order valence-corrected chi connectivity index (χ4v) is 4.77. The van der Waals surface area contributed by atoms with Gasteiger partial charge in [-0.15, -0.1) is 0 Å². The molecule has 4 rings (SSSR count). The van der Waals surface area contributed by atoms with Crippen molar-refractivity contribution in [2.75, 3.05) is 20.8 Å². The highest BCUT2D eigenvalue weighted by atomic mass is 35.5. The number of rotatable bonds is 10. The molecular weight excluding hydrogens is 519 g/mol. The van der Waals surface area contributed by atoms with E-state index in [0.29, 0.717) is 77.2 Å². The molecule has 1 atom stereocenters. The van der Waals surface area contributed by atoms with Crippen molar-refractivity contribution in [3.63, 3.8) is 0 Å². The van der Waals surface area contributed by atoms with Crippen molar-refractivity contribution in [3.05, 3.63) is 75.3 Å². The van der Waals surface area contributed by atoms with Crippen molar-refractivity contribution < 1.29 is 33.6 Å². The molecule has 9 heteroatoms. The lowest BCUT2D eigenvalue weighted by molar-refractivity contribution is -0.139. The fourth-order valence-electron chi connectivity index (χ4n) is 4.26. The molecule has 0 amide bonds. The lowest BCUT2D eigenvalue weighted by atomic mass is 9.93. The van der Waals surface area contributed by atoms with E-state index in [1.165, 1.54) is 0 Å². The molecule has 0 spiro atoms. The van der Waals surface area contributed by atoms with Gasteiger partial charge in [-0.3, -0.25) is 9.59 Å². The molecule has 194 valence electrons. The average molecular weight is 545 g/mol. The summed E-state index contributed by atoms with van der Waals surface area (Å²) >= 11 is 12.7. The summed E-state index contributed by atoms with van der Waals surface area (Å²) in [7, 11) is 3.13. The molecule has 0 saturated carbocycles. The minimum Gasteiger partial charge on any atom is -0.497 e. The van der Waals surface area contributed by atoms with Crippen LogP contribution in [0.2, 0.25) is 10.0 Å². The number of halogens is 2. The molecule has 3 aromatic carbocycles. The van der Waals surface area contributed by atoms with Crippen LogP contribution < -0.4 is 18.9 Å². The van der Waals surface area contributed by atoms with Crippen LogP contribution in [-0.4, -0.2) is 37.7 Å². The number of carboxylic acid groups (broad SMARTS) is 1. The number of benzene rings is 3. The Labute approximate surface area is 224 Å². The number of carboxylic acids is 1. The Balaban J connectivity index is 1.38. The molecule has 37 heavy (non-hydrogen) atoms. The van der Waals surface area contributed by atoms with Crippen molar-refractivity contribution in [3.8, 4) is 28.7 Å². The summed E-state index contributed by atoms with van der Waals surface area (Å²) in [6.07, 6.45) is 1.90. The van der Waals surface area contributed by atoms with Gasteiger partial charge in [0.25, 0.3) is 0 Å². The van der Waals surface area contributed by atoms with E-state index >= 15 is 0 Å². The Morgan fingerprint density at radius 1 is 0.973 bits per heavy atom. The highest BCUT2D eigenvalue weighted by Gasteiger charge is 2.29. The van der Waals surface area contributed by atoms with Gasteiger partial charge in [0.05, 0.1) is 36.8 Å².